The Labute approximate surface area is 117 Å². The lowest BCUT2D eigenvalue weighted by molar-refractivity contribution is 0.0950. The van der Waals surface area contributed by atoms with E-state index >= 15 is 0 Å². The highest BCUT2D eigenvalue weighted by Crippen LogP contribution is 2.22. The molecule has 2 aromatic rings. The van der Waals surface area contributed by atoms with Gasteiger partial charge in [0, 0.05) is 23.9 Å². The topological polar surface area (TPSA) is 67.2 Å². The second-order valence-corrected chi connectivity index (χ2v) is 5.01. The van der Waals surface area contributed by atoms with Crippen molar-refractivity contribution in [3.63, 3.8) is 0 Å². The zero-order valence-corrected chi connectivity index (χ0v) is 11.4. The van der Waals surface area contributed by atoms with Crippen LogP contribution in [0, 0.1) is 6.92 Å². The van der Waals surface area contributed by atoms with Crippen molar-refractivity contribution < 1.29 is 9.32 Å². The molecule has 1 aliphatic heterocycles. The highest BCUT2D eigenvalue weighted by Gasteiger charge is 2.12. The number of fused-ring (bicyclic) bond motifs is 1. The zero-order valence-electron chi connectivity index (χ0n) is 11.4. The van der Waals surface area contributed by atoms with Crippen molar-refractivity contribution in [1.29, 1.82) is 0 Å². The van der Waals surface area contributed by atoms with E-state index in [0.717, 1.165) is 36.5 Å². The molecule has 20 heavy (non-hydrogen) atoms. The van der Waals surface area contributed by atoms with Gasteiger partial charge in [0.25, 0.3) is 5.91 Å². The number of amides is 1. The third-order valence-electron chi connectivity index (χ3n) is 3.41. The van der Waals surface area contributed by atoms with E-state index in [-0.39, 0.29) is 5.91 Å². The van der Waals surface area contributed by atoms with Gasteiger partial charge < -0.3 is 15.2 Å². The molecule has 0 spiro atoms. The lowest BCUT2D eigenvalue weighted by atomic mass is 10.0. The van der Waals surface area contributed by atoms with Crippen LogP contribution in [-0.2, 0) is 13.0 Å². The number of hydrogen-bond acceptors (Lipinski definition) is 4. The predicted octanol–water partition coefficient (Wildman–Crippen LogP) is 2.27. The Morgan fingerprint density at radius 3 is 3.15 bits per heavy atom. The summed E-state index contributed by atoms with van der Waals surface area (Å²) in [5.74, 6) is 0.660. The molecular weight excluding hydrogens is 254 g/mol. The van der Waals surface area contributed by atoms with E-state index < -0.39 is 0 Å². The molecule has 0 atom stereocenters. The summed E-state index contributed by atoms with van der Waals surface area (Å²) in [6, 6.07) is 7.60. The zero-order chi connectivity index (χ0) is 13.9. The van der Waals surface area contributed by atoms with Gasteiger partial charge in [0.2, 0.25) is 0 Å². The van der Waals surface area contributed by atoms with Gasteiger partial charge in [-0.25, -0.2) is 0 Å². The van der Waals surface area contributed by atoms with E-state index in [1.165, 1.54) is 5.56 Å². The molecule has 5 nitrogen and oxygen atoms in total. The van der Waals surface area contributed by atoms with E-state index in [1.807, 2.05) is 31.2 Å². The highest BCUT2D eigenvalue weighted by atomic mass is 16.5. The fourth-order valence-corrected chi connectivity index (χ4v) is 2.39. The fourth-order valence-electron chi connectivity index (χ4n) is 2.39. The lowest BCUT2D eigenvalue weighted by Gasteiger charge is -2.18. The second-order valence-electron chi connectivity index (χ2n) is 5.01. The maximum Gasteiger partial charge on any atom is 0.251 e. The van der Waals surface area contributed by atoms with Gasteiger partial charge in [0.1, 0.15) is 11.5 Å². The van der Waals surface area contributed by atoms with Crippen LogP contribution in [0.3, 0.4) is 0 Å². The number of rotatable bonds is 3. The number of anilines is 1. The third kappa shape index (κ3) is 2.66. The van der Waals surface area contributed by atoms with Gasteiger partial charge in [-0.05, 0) is 43.5 Å². The maximum absolute atomic E-state index is 12.1. The average Bonchev–Trinajstić information content (AvgIpc) is 2.90. The third-order valence-corrected chi connectivity index (χ3v) is 3.41. The van der Waals surface area contributed by atoms with Crippen LogP contribution in [0.1, 0.15) is 33.8 Å². The Bertz CT molecular complexity index is 634. The summed E-state index contributed by atoms with van der Waals surface area (Å²) in [4.78, 5) is 12.1. The summed E-state index contributed by atoms with van der Waals surface area (Å²) < 4.78 is 4.97. The highest BCUT2D eigenvalue weighted by molar-refractivity contribution is 5.94. The summed E-state index contributed by atoms with van der Waals surface area (Å²) in [6.07, 6.45) is 2.13. The van der Waals surface area contributed by atoms with Gasteiger partial charge in [0.15, 0.2) is 0 Å². The summed E-state index contributed by atoms with van der Waals surface area (Å²) in [5.41, 5.74) is 3.77. The van der Waals surface area contributed by atoms with Crippen molar-refractivity contribution in [1.82, 2.24) is 10.5 Å². The molecule has 1 aliphatic rings. The number of carbonyl (C=O) groups is 1. The number of carbonyl (C=O) groups excluding carboxylic acids is 1. The van der Waals surface area contributed by atoms with Crippen LogP contribution in [-0.4, -0.2) is 17.6 Å². The molecule has 1 amide bonds. The number of benzene rings is 1. The molecule has 0 aliphatic carbocycles. The van der Waals surface area contributed by atoms with Crippen molar-refractivity contribution in [3.05, 3.63) is 46.8 Å². The lowest BCUT2D eigenvalue weighted by Crippen LogP contribution is -2.23. The number of aromatic nitrogens is 1. The van der Waals surface area contributed by atoms with E-state index in [9.17, 15) is 4.79 Å². The molecule has 0 saturated carbocycles. The van der Waals surface area contributed by atoms with Gasteiger partial charge >= 0.3 is 0 Å². The van der Waals surface area contributed by atoms with Crippen LogP contribution in [0.15, 0.2) is 28.8 Å². The van der Waals surface area contributed by atoms with Gasteiger partial charge in [-0.15, -0.1) is 0 Å². The molecule has 0 unspecified atom stereocenters. The molecule has 0 fully saturated rings. The number of nitrogens with zero attached hydrogens (tertiary/aromatic N) is 1. The van der Waals surface area contributed by atoms with Gasteiger partial charge in [-0.2, -0.15) is 0 Å². The SMILES string of the molecule is Cc1cc(CNC(=O)c2ccc3c(c2)CCCN3)no1. The average molecular weight is 271 g/mol. The molecule has 1 aromatic carbocycles. The first-order chi connectivity index (χ1) is 9.72. The first kappa shape index (κ1) is 12.7. The van der Waals surface area contributed by atoms with E-state index in [4.69, 9.17) is 4.52 Å². The van der Waals surface area contributed by atoms with Crippen LogP contribution in [0.5, 0.6) is 0 Å². The first-order valence-electron chi connectivity index (χ1n) is 6.79. The van der Waals surface area contributed by atoms with Gasteiger partial charge in [-0.3, -0.25) is 4.79 Å². The van der Waals surface area contributed by atoms with Crippen molar-refractivity contribution in [2.24, 2.45) is 0 Å². The Morgan fingerprint density at radius 2 is 2.35 bits per heavy atom. The minimum absolute atomic E-state index is 0.0842. The normalized spacial score (nSPS) is 13.4. The molecule has 1 aromatic heterocycles. The van der Waals surface area contributed by atoms with Crippen molar-refractivity contribution >= 4 is 11.6 Å². The Morgan fingerprint density at radius 1 is 1.45 bits per heavy atom. The van der Waals surface area contributed by atoms with Crippen LogP contribution >= 0.6 is 0 Å². The van der Waals surface area contributed by atoms with Crippen molar-refractivity contribution in [2.45, 2.75) is 26.3 Å². The minimum atomic E-state index is -0.0842. The molecule has 5 heteroatoms. The molecule has 0 saturated heterocycles. The summed E-state index contributed by atoms with van der Waals surface area (Å²) in [7, 11) is 0. The molecule has 2 heterocycles. The first-order valence-corrected chi connectivity index (χ1v) is 6.79. The molecule has 0 bridgehead atoms. The Kier molecular flexibility index (Phi) is 3.41. The maximum atomic E-state index is 12.1. The van der Waals surface area contributed by atoms with E-state index in [1.54, 1.807) is 0 Å². The number of hydrogen-bond donors (Lipinski definition) is 2. The second kappa shape index (κ2) is 5.36. The minimum Gasteiger partial charge on any atom is -0.385 e. The molecule has 3 rings (SSSR count). The smallest absolute Gasteiger partial charge is 0.251 e. The molecule has 104 valence electrons. The van der Waals surface area contributed by atoms with Gasteiger partial charge in [-0.1, -0.05) is 5.16 Å². The van der Waals surface area contributed by atoms with E-state index in [2.05, 4.69) is 15.8 Å². The van der Waals surface area contributed by atoms with Crippen LogP contribution < -0.4 is 10.6 Å². The summed E-state index contributed by atoms with van der Waals surface area (Å²) in [5, 5.41) is 10.0. The standard InChI is InChI=1S/C15H17N3O2/c1-10-7-13(18-20-10)9-17-15(19)12-4-5-14-11(8-12)3-2-6-16-14/h4-5,7-8,16H,2-3,6,9H2,1H3,(H,17,19). The van der Waals surface area contributed by atoms with Crippen LogP contribution in [0.25, 0.3) is 0 Å². The van der Waals surface area contributed by atoms with Gasteiger partial charge in [0.05, 0.1) is 6.54 Å². The summed E-state index contributed by atoms with van der Waals surface area (Å²) >= 11 is 0. The van der Waals surface area contributed by atoms with Crippen molar-refractivity contribution in [2.75, 3.05) is 11.9 Å². The number of nitrogens with one attached hydrogen (secondary N) is 2. The monoisotopic (exact) mass is 271 g/mol. The Hall–Kier alpha value is -2.30. The predicted molar refractivity (Wildman–Crippen MR) is 75.7 cm³/mol. The summed E-state index contributed by atoms with van der Waals surface area (Å²) in [6.45, 7) is 3.21. The van der Waals surface area contributed by atoms with Crippen LogP contribution in [0.4, 0.5) is 5.69 Å². The van der Waals surface area contributed by atoms with E-state index in [0.29, 0.717) is 12.1 Å². The number of aryl methyl sites for hydroxylation is 2. The Balaban J connectivity index is 1.67. The largest absolute Gasteiger partial charge is 0.385 e. The fraction of sp³-hybridized carbons (Fsp3) is 0.333. The quantitative estimate of drug-likeness (QED) is 0.898. The molecular formula is C15H17N3O2. The molecule has 2 N–H and O–H groups in total. The van der Waals surface area contributed by atoms with Crippen LogP contribution in [0.2, 0.25) is 0 Å². The molecule has 0 radical (unpaired) electrons. The van der Waals surface area contributed by atoms with Crippen molar-refractivity contribution in [3.8, 4) is 0 Å².